The molecule has 1 saturated heterocycles. The highest BCUT2D eigenvalue weighted by atomic mass is 16.2. The number of amides is 1. The SMILES string of the molecule is O=C(C1=CCCC1)N1CCC[C@H](c2[nH]ncc2-c2ccccc2)C1. The first-order valence-electron chi connectivity index (χ1n) is 8.90. The standard InChI is InChI=1S/C20H23N3O/c24-20(16-9-4-5-10-16)23-12-6-11-17(14-23)19-18(13-21-22-19)15-7-2-1-3-8-15/h1-3,7-9,13,17H,4-6,10-12,14H2,(H,21,22)/t17-/m0/s1. The number of hydrogen-bond donors (Lipinski definition) is 1. The highest BCUT2D eigenvalue weighted by Gasteiger charge is 2.29. The third-order valence-corrected chi connectivity index (χ3v) is 5.19. The fourth-order valence-corrected chi connectivity index (χ4v) is 3.92. The number of benzene rings is 1. The Hall–Kier alpha value is -2.36. The molecule has 2 heterocycles. The molecule has 1 fully saturated rings. The van der Waals surface area contributed by atoms with Crippen LogP contribution in [0.15, 0.2) is 48.2 Å². The van der Waals surface area contributed by atoms with Gasteiger partial charge in [-0.25, -0.2) is 0 Å². The van der Waals surface area contributed by atoms with E-state index in [0.29, 0.717) is 5.92 Å². The molecule has 124 valence electrons. The average molecular weight is 321 g/mol. The van der Waals surface area contributed by atoms with Gasteiger partial charge in [-0.15, -0.1) is 0 Å². The molecule has 0 spiro atoms. The van der Waals surface area contributed by atoms with Crippen LogP contribution in [0.1, 0.15) is 43.7 Å². The van der Waals surface area contributed by atoms with Crippen LogP contribution in [0.25, 0.3) is 11.1 Å². The van der Waals surface area contributed by atoms with E-state index < -0.39 is 0 Å². The predicted molar refractivity (Wildman–Crippen MR) is 94.5 cm³/mol. The van der Waals surface area contributed by atoms with E-state index in [9.17, 15) is 4.79 Å². The Bertz CT molecular complexity index is 747. The van der Waals surface area contributed by atoms with Crippen LogP contribution in [-0.2, 0) is 4.79 Å². The number of rotatable bonds is 3. The molecule has 0 saturated carbocycles. The number of H-pyrrole nitrogens is 1. The number of nitrogens with zero attached hydrogens (tertiary/aromatic N) is 2. The van der Waals surface area contributed by atoms with Gasteiger partial charge >= 0.3 is 0 Å². The fraction of sp³-hybridized carbons (Fsp3) is 0.400. The number of piperidine rings is 1. The van der Waals surface area contributed by atoms with Gasteiger partial charge in [0.05, 0.1) is 6.20 Å². The van der Waals surface area contributed by atoms with Crippen molar-refractivity contribution in [3.63, 3.8) is 0 Å². The first-order valence-corrected chi connectivity index (χ1v) is 8.90. The summed E-state index contributed by atoms with van der Waals surface area (Å²) in [5.74, 6) is 0.584. The molecular formula is C20H23N3O. The molecule has 4 nitrogen and oxygen atoms in total. The molecule has 1 N–H and O–H groups in total. The second-order valence-electron chi connectivity index (χ2n) is 6.78. The normalized spacial score (nSPS) is 20.9. The summed E-state index contributed by atoms with van der Waals surface area (Å²) in [5, 5.41) is 7.48. The first-order chi connectivity index (χ1) is 11.8. The maximum Gasteiger partial charge on any atom is 0.249 e. The summed E-state index contributed by atoms with van der Waals surface area (Å²) < 4.78 is 0. The molecule has 0 bridgehead atoms. The monoisotopic (exact) mass is 321 g/mol. The molecular weight excluding hydrogens is 298 g/mol. The van der Waals surface area contributed by atoms with Crippen LogP contribution < -0.4 is 0 Å². The number of likely N-dealkylation sites (tertiary alicyclic amines) is 1. The quantitative estimate of drug-likeness (QED) is 0.932. The largest absolute Gasteiger partial charge is 0.338 e. The first kappa shape index (κ1) is 15.2. The van der Waals surface area contributed by atoms with Gasteiger partial charge in [0, 0.05) is 35.8 Å². The number of carbonyl (C=O) groups is 1. The average Bonchev–Trinajstić information content (AvgIpc) is 3.34. The minimum absolute atomic E-state index is 0.248. The van der Waals surface area contributed by atoms with Crippen molar-refractivity contribution in [1.29, 1.82) is 0 Å². The predicted octanol–water partition coefficient (Wildman–Crippen LogP) is 3.89. The molecule has 4 rings (SSSR count). The summed E-state index contributed by atoms with van der Waals surface area (Å²) in [6.07, 6.45) is 9.30. The van der Waals surface area contributed by atoms with Crippen molar-refractivity contribution in [2.45, 2.75) is 38.0 Å². The van der Waals surface area contributed by atoms with Gasteiger partial charge in [-0.2, -0.15) is 5.10 Å². The van der Waals surface area contributed by atoms with Crippen LogP contribution in [0, 0.1) is 0 Å². The Morgan fingerprint density at radius 2 is 2.08 bits per heavy atom. The van der Waals surface area contributed by atoms with Crippen molar-refractivity contribution in [2.24, 2.45) is 0 Å². The highest BCUT2D eigenvalue weighted by molar-refractivity contribution is 5.94. The van der Waals surface area contributed by atoms with Gasteiger partial charge in [-0.3, -0.25) is 9.89 Å². The number of allylic oxidation sites excluding steroid dienone is 1. The second kappa shape index (κ2) is 6.63. The van der Waals surface area contributed by atoms with E-state index in [2.05, 4.69) is 40.5 Å². The molecule has 2 aliphatic rings. The van der Waals surface area contributed by atoms with Gasteiger partial charge in [0.2, 0.25) is 5.91 Å². The smallest absolute Gasteiger partial charge is 0.249 e. The van der Waals surface area contributed by atoms with Crippen molar-refractivity contribution < 1.29 is 4.79 Å². The number of aromatic amines is 1. The maximum absolute atomic E-state index is 12.7. The minimum Gasteiger partial charge on any atom is -0.338 e. The van der Waals surface area contributed by atoms with Crippen LogP contribution in [0.2, 0.25) is 0 Å². The lowest BCUT2D eigenvalue weighted by atomic mass is 9.90. The van der Waals surface area contributed by atoms with E-state index in [1.54, 1.807) is 0 Å². The Balaban J connectivity index is 1.55. The van der Waals surface area contributed by atoms with E-state index >= 15 is 0 Å². The lowest BCUT2D eigenvalue weighted by Gasteiger charge is -2.33. The topological polar surface area (TPSA) is 49.0 Å². The van der Waals surface area contributed by atoms with Gasteiger partial charge in [-0.05, 0) is 37.7 Å². The maximum atomic E-state index is 12.7. The molecule has 1 aliphatic carbocycles. The van der Waals surface area contributed by atoms with E-state index in [-0.39, 0.29) is 5.91 Å². The molecule has 1 aromatic carbocycles. The molecule has 1 amide bonds. The van der Waals surface area contributed by atoms with E-state index in [1.807, 2.05) is 17.2 Å². The summed E-state index contributed by atoms with van der Waals surface area (Å²) >= 11 is 0. The Morgan fingerprint density at radius 3 is 2.88 bits per heavy atom. The summed E-state index contributed by atoms with van der Waals surface area (Å²) in [7, 11) is 0. The molecule has 1 atom stereocenters. The van der Waals surface area contributed by atoms with Crippen LogP contribution >= 0.6 is 0 Å². The third-order valence-electron chi connectivity index (χ3n) is 5.19. The van der Waals surface area contributed by atoms with Crippen molar-refractivity contribution in [1.82, 2.24) is 15.1 Å². The summed E-state index contributed by atoms with van der Waals surface area (Å²) in [4.78, 5) is 14.7. The summed E-state index contributed by atoms with van der Waals surface area (Å²) in [5.41, 5.74) is 4.53. The molecule has 0 unspecified atom stereocenters. The zero-order valence-corrected chi connectivity index (χ0v) is 13.9. The Kier molecular flexibility index (Phi) is 4.20. The number of nitrogens with one attached hydrogen (secondary N) is 1. The Labute approximate surface area is 142 Å². The number of hydrogen-bond acceptors (Lipinski definition) is 2. The lowest BCUT2D eigenvalue weighted by Crippen LogP contribution is -2.39. The molecule has 1 aliphatic heterocycles. The third kappa shape index (κ3) is 2.88. The molecule has 1 aromatic heterocycles. The van der Waals surface area contributed by atoms with Gasteiger partial charge < -0.3 is 4.90 Å². The second-order valence-corrected chi connectivity index (χ2v) is 6.78. The molecule has 24 heavy (non-hydrogen) atoms. The minimum atomic E-state index is 0.248. The summed E-state index contributed by atoms with van der Waals surface area (Å²) in [6, 6.07) is 10.4. The van der Waals surface area contributed by atoms with Crippen molar-refractivity contribution in [3.05, 3.63) is 53.9 Å². The number of carbonyl (C=O) groups excluding carboxylic acids is 1. The van der Waals surface area contributed by atoms with Crippen LogP contribution in [-0.4, -0.2) is 34.1 Å². The van der Waals surface area contributed by atoms with Gasteiger partial charge in [-0.1, -0.05) is 36.4 Å². The molecule has 0 radical (unpaired) electrons. The van der Waals surface area contributed by atoms with Gasteiger partial charge in [0.25, 0.3) is 0 Å². The molecule has 2 aromatic rings. The van der Waals surface area contributed by atoms with E-state index in [0.717, 1.165) is 56.3 Å². The van der Waals surface area contributed by atoms with Crippen molar-refractivity contribution in [2.75, 3.05) is 13.1 Å². The summed E-state index contributed by atoms with van der Waals surface area (Å²) in [6.45, 7) is 1.67. The Morgan fingerprint density at radius 1 is 1.21 bits per heavy atom. The van der Waals surface area contributed by atoms with Crippen LogP contribution in [0.5, 0.6) is 0 Å². The zero-order valence-electron chi connectivity index (χ0n) is 13.9. The van der Waals surface area contributed by atoms with Crippen molar-refractivity contribution in [3.8, 4) is 11.1 Å². The lowest BCUT2D eigenvalue weighted by molar-refractivity contribution is -0.128. The van der Waals surface area contributed by atoms with E-state index in [1.165, 1.54) is 11.3 Å². The number of aromatic nitrogens is 2. The van der Waals surface area contributed by atoms with Gasteiger partial charge in [0.15, 0.2) is 0 Å². The van der Waals surface area contributed by atoms with Crippen LogP contribution in [0.4, 0.5) is 0 Å². The van der Waals surface area contributed by atoms with Gasteiger partial charge in [0.1, 0.15) is 0 Å². The zero-order chi connectivity index (χ0) is 16.4. The molecule has 4 heteroatoms. The fourth-order valence-electron chi connectivity index (χ4n) is 3.92. The van der Waals surface area contributed by atoms with Crippen LogP contribution in [0.3, 0.4) is 0 Å². The van der Waals surface area contributed by atoms with Crippen molar-refractivity contribution >= 4 is 5.91 Å². The van der Waals surface area contributed by atoms with E-state index in [4.69, 9.17) is 0 Å². The highest BCUT2D eigenvalue weighted by Crippen LogP contribution is 2.33.